The van der Waals surface area contributed by atoms with Crippen molar-refractivity contribution in [1.29, 1.82) is 0 Å². The van der Waals surface area contributed by atoms with Crippen LogP contribution in [0, 0.1) is 25.5 Å². The first kappa shape index (κ1) is 49.0. The predicted molar refractivity (Wildman–Crippen MR) is 228 cm³/mol. The van der Waals surface area contributed by atoms with Gasteiger partial charge in [0.1, 0.15) is 11.6 Å². The Morgan fingerprint density at radius 2 is 1.04 bits per heavy atom. The van der Waals surface area contributed by atoms with Crippen LogP contribution in [0.1, 0.15) is 67.5 Å². The summed E-state index contributed by atoms with van der Waals surface area (Å²) in [6, 6.07) is 14.2. The van der Waals surface area contributed by atoms with Crippen molar-refractivity contribution in [2.24, 2.45) is 0 Å². The number of halogens is 10. The number of fused-ring (bicyclic) bond motifs is 2. The molecule has 12 nitrogen and oxygen atoms in total. The molecule has 0 bridgehead atoms. The first-order chi connectivity index (χ1) is 31.2. The summed E-state index contributed by atoms with van der Waals surface area (Å²) < 4.78 is 121. The molecule has 2 heterocycles. The molecule has 0 radical (unpaired) electrons. The quantitative estimate of drug-likeness (QED) is 0.0964. The highest BCUT2D eigenvalue weighted by atomic mass is 35.5. The lowest BCUT2D eigenvalue weighted by molar-refractivity contribution is -0.257. The number of carbonyl (C=O) groups is 2. The lowest BCUT2D eigenvalue weighted by Crippen LogP contribution is -2.59. The van der Waals surface area contributed by atoms with E-state index in [0.29, 0.717) is 6.42 Å². The molecular weight excluding hydrogens is 947 g/mol. The number of nitrogens with zero attached hydrogens (tertiary/aromatic N) is 2. The largest absolute Gasteiger partial charge is 0.426 e. The fourth-order valence-electron chi connectivity index (χ4n) is 8.34. The number of rotatable bonds is 10. The average molecular weight is 984 g/mol. The lowest BCUT2D eigenvalue weighted by atomic mass is 9.59. The minimum absolute atomic E-state index is 0.0511. The molecule has 2 amide bonds. The van der Waals surface area contributed by atoms with Gasteiger partial charge in [-0.25, -0.2) is 18.4 Å². The van der Waals surface area contributed by atoms with E-state index in [-0.39, 0.29) is 91.2 Å². The van der Waals surface area contributed by atoms with Gasteiger partial charge in [0.05, 0.1) is 22.2 Å². The zero-order valence-electron chi connectivity index (χ0n) is 34.9. The number of nitrogens with one attached hydrogen (secondary N) is 2. The summed E-state index contributed by atoms with van der Waals surface area (Å²) in [6.07, 6.45) is -11.3. The molecule has 22 heteroatoms. The second kappa shape index (κ2) is 17.6. The topological polar surface area (TPSA) is 185 Å². The maximum absolute atomic E-state index is 14.1. The van der Waals surface area contributed by atoms with Gasteiger partial charge in [-0.05, 0) is 117 Å². The summed E-state index contributed by atoms with van der Waals surface area (Å²) in [5.74, 6) is -4.73. The summed E-state index contributed by atoms with van der Waals surface area (Å²) >= 11 is 12.2. The Morgan fingerprint density at radius 1 is 0.612 bits per heavy atom. The van der Waals surface area contributed by atoms with Crippen LogP contribution in [0.2, 0.25) is 10.0 Å². The summed E-state index contributed by atoms with van der Waals surface area (Å²) in [4.78, 5) is 49.2. The van der Waals surface area contributed by atoms with Crippen molar-refractivity contribution in [2.75, 3.05) is 10.6 Å². The summed E-state index contributed by atoms with van der Waals surface area (Å²) in [5, 5.41) is 33.5. The molecule has 2 saturated carbocycles. The van der Waals surface area contributed by atoms with Crippen molar-refractivity contribution < 1.29 is 64.0 Å². The number of hydrogen-bond acceptors (Lipinski definition) is 10. The van der Waals surface area contributed by atoms with Gasteiger partial charge in [-0.2, -0.15) is 26.3 Å². The summed E-state index contributed by atoms with van der Waals surface area (Å²) in [7, 11) is 0. The molecule has 2 atom stereocenters. The molecule has 2 unspecified atom stereocenters. The van der Waals surface area contributed by atoms with Crippen molar-refractivity contribution in [3.63, 3.8) is 0 Å². The van der Waals surface area contributed by atoms with E-state index in [4.69, 9.17) is 23.2 Å². The van der Waals surface area contributed by atoms with Gasteiger partial charge in [0.2, 0.25) is 11.2 Å². The molecule has 2 aliphatic carbocycles. The molecule has 0 spiro atoms. The highest BCUT2D eigenvalue weighted by Crippen LogP contribution is 2.58. The molecular formula is C45H36Cl2F8N4O8. The fraction of sp³-hybridized carbons (Fsp3) is 0.333. The Labute approximate surface area is 382 Å². The number of aliphatic hydroxyl groups is 2. The first-order valence-electron chi connectivity index (χ1n) is 20.2. The van der Waals surface area contributed by atoms with E-state index in [0.717, 1.165) is 24.3 Å². The minimum Gasteiger partial charge on any atom is -0.373 e. The van der Waals surface area contributed by atoms with Crippen LogP contribution in [-0.2, 0) is 20.4 Å². The van der Waals surface area contributed by atoms with Crippen LogP contribution in [0.15, 0.2) is 91.4 Å². The SMILES string of the molecule is Cc1noc(=O)c2ccc(NC(=O)C(O)(CC3(c4cc(F)ccc4Cl)CC3)C(F)(F)F)cc12.Cc1noc(=O)c2ccc(NC(=O)C(O)(CC3(c4ccc(F)cc4Cl)CCC3)C(F)(F)F)cc12. The molecule has 0 aliphatic heterocycles. The van der Waals surface area contributed by atoms with Crippen LogP contribution >= 0.6 is 23.2 Å². The number of hydrogen-bond donors (Lipinski definition) is 4. The molecule has 6 aromatic rings. The molecule has 354 valence electrons. The molecule has 2 fully saturated rings. The van der Waals surface area contributed by atoms with Crippen LogP contribution in [0.3, 0.4) is 0 Å². The van der Waals surface area contributed by atoms with Gasteiger partial charge in [-0.3, -0.25) is 9.59 Å². The maximum Gasteiger partial charge on any atom is 0.426 e. The summed E-state index contributed by atoms with van der Waals surface area (Å²) in [6.45, 7) is 3.04. The monoisotopic (exact) mass is 982 g/mol. The van der Waals surface area contributed by atoms with E-state index >= 15 is 0 Å². The highest BCUT2D eigenvalue weighted by Gasteiger charge is 2.66. The molecule has 2 aromatic heterocycles. The smallest absolute Gasteiger partial charge is 0.373 e. The van der Waals surface area contributed by atoms with Gasteiger partial charge in [0.25, 0.3) is 11.8 Å². The van der Waals surface area contributed by atoms with Gasteiger partial charge in [0, 0.05) is 55.9 Å². The van der Waals surface area contributed by atoms with Crippen molar-refractivity contribution in [3.05, 3.63) is 138 Å². The molecule has 4 aromatic carbocycles. The lowest BCUT2D eigenvalue weighted by Gasteiger charge is -2.47. The van der Waals surface area contributed by atoms with E-state index in [1.165, 1.54) is 62.4 Å². The van der Waals surface area contributed by atoms with Gasteiger partial charge < -0.3 is 29.9 Å². The Morgan fingerprint density at radius 3 is 1.45 bits per heavy atom. The van der Waals surface area contributed by atoms with Crippen LogP contribution in [0.5, 0.6) is 0 Å². The van der Waals surface area contributed by atoms with Crippen LogP contribution in [0.4, 0.5) is 46.5 Å². The predicted octanol–water partition coefficient (Wildman–Crippen LogP) is 9.68. The third-order valence-corrected chi connectivity index (χ3v) is 13.0. The van der Waals surface area contributed by atoms with Crippen LogP contribution in [0.25, 0.3) is 21.5 Å². The van der Waals surface area contributed by atoms with E-state index in [9.17, 15) is 64.5 Å². The first-order valence-corrected chi connectivity index (χ1v) is 20.9. The van der Waals surface area contributed by atoms with Gasteiger partial charge in [-0.15, -0.1) is 0 Å². The zero-order chi connectivity index (χ0) is 49.1. The third kappa shape index (κ3) is 9.35. The molecule has 2 aliphatic rings. The van der Waals surface area contributed by atoms with Gasteiger partial charge >= 0.3 is 23.6 Å². The molecule has 67 heavy (non-hydrogen) atoms. The zero-order valence-corrected chi connectivity index (χ0v) is 36.4. The normalized spacial score (nSPS) is 17.0. The number of amides is 2. The molecule has 4 N–H and O–H groups in total. The standard InChI is InChI=1S/C23H19ClF4N2O4.C22H17ClF4N2O4/c1-12-16-10-14(4-5-15(16)19(31)34-30-12)29-20(32)22(33,23(26,27)28)11-21(7-2-8-21)17-6-3-13(25)9-18(17)24;1-11-15-9-13(3-4-14(15)18(30)33-29-11)28-19(31)21(32,22(25,26)27)10-20(6-7-20)16-8-12(24)2-5-17(16)23/h3-6,9-10,33H,2,7-8,11H2,1H3,(H,29,32);2-5,8-9,32H,6-7,10H2,1H3,(H,28,31). The number of aromatic nitrogens is 2. The third-order valence-electron chi connectivity index (χ3n) is 12.3. The summed E-state index contributed by atoms with van der Waals surface area (Å²) in [5.41, 5.74) is -10.8. The Balaban J connectivity index is 0.000000199. The second-order valence-corrected chi connectivity index (χ2v) is 17.6. The Kier molecular flexibility index (Phi) is 12.9. The van der Waals surface area contributed by atoms with Gasteiger partial charge in [-0.1, -0.05) is 46.0 Å². The Bertz CT molecular complexity index is 3060. The van der Waals surface area contributed by atoms with E-state index in [2.05, 4.69) is 30.0 Å². The minimum atomic E-state index is -5.33. The van der Waals surface area contributed by atoms with Crippen molar-refractivity contribution in [3.8, 4) is 0 Å². The average Bonchev–Trinajstić information content (AvgIpc) is 4.02. The fourth-order valence-corrected chi connectivity index (χ4v) is 9.03. The van der Waals surface area contributed by atoms with Crippen LogP contribution in [-0.4, -0.2) is 55.9 Å². The number of benzene rings is 4. The number of alkyl halides is 6. The van der Waals surface area contributed by atoms with Crippen molar-refractivity contribution in [1.82, 2.24) is 10.3 Å². The Hall–Kier alpha value is -5.96. The van der Waals surface area contributed by atoms with Gasteiger partial charge in [0.15, 0.2) is 0 Å². The molecule has 8 rings (SSSR count). The van der Waals surface area contributed by atoms with Crippen molar-refractivity contribution >= 4 is 67.9 Å². The van der Waals surface area contributed by atoms with E-state index < -0.39 is 81.9 Å². The van der Waals surface area contributed by atoms with E-state index in [1.807, 2.05) is 0 Å². The second-order valence-electron chi connectivity index (χ2n) is 16.8. The number of aryl methyl sites for hydroxylation is 2. The van der Waals surface area contributed by atoms with Crippen molar-refractivity contribution in [2.45, 2.75) is 93.2 Å². The van der Waals surface area contributed by atoms with Crippen LogP contribution < -0.4 is 21.9 Å². The number of anilines is 2. The highest BCUT2D eigenvalue weighted by molar-refractivity contribution is 6.31. The maximum atomic E-state index is 14.1. The molecule has 0 saturated heterocycles. The van der Waals surface area contributed by atoms with E-state index in [1.54, 1.807) is 0 Å². The number of carbonyl (C=O) groups excluding carboxylic acids is 2.